The van der Waals surface area contributed by atoms with Gasteiger partial charge in [-0.1, -0.05) is 29.8 Å². The van der Waals surface area contributed by atoms with E-state index in [-0.39, 0.29) is 0 Å². The molecule has 100 valence electrons. The molecule has 0 amide bonds. The van der Waals surface area contributed by atoms with Crippen molar-refractivity contribution in [1.29, 1.82) is 0 Å². The lowest BCUT2D eigenvalue weighted by atomic mass is 10.1. The number of benzene rings is 1. The van der Waals surface area contributed by atoms with Crippen LogP contribution in [0.5, 0.6) is 5.75 Å². The Kier molecular flexibility index (Phi) is 4.98. The minimum atomic E-state index is 0.715. The van der Waals surface area contributed by atoms with Gasteiger partial charge in [0, 0.05) is 40.2 Å². The van der Waals surface area contributed by atoms with Crippen molar-refractivity contribution in [2.24, 2.45) is 0 Å². The van der Waals surface area contributed by atoms with Crippen LogP contribution >= 0.6 is 27.7 Å². The molecule has 1 fully saturated rings. The maximum atomic E-state index is 5.44. The quantitative estimate of drug-likeness (QED) is 0.837. The maximum absolute atomic E-state index is 5.44. The minimum Gasteiger partial charge on any atom is -0.496 e. The van der Waals surface area contributed by atoms with Crippen LogP contribution in [0.15, 0.2) is 22.7 Å². The van der Waals surface area contributed by atoms with E-state index < -0.39 is 0 Å². The van der Waals surface area contributed by atoms with E-state index in [0.717, 1.165) is 29.9 Å². The van der Waals surface area contributed by atoms with Crippen molar-refractivity contribution in [1.82, 2.24) is 4.90 Å². The molecule has 0 saturated carbocycles. The SMILES string of the molecule is COc1ccc(Br)cc1CN1CC(C)SC(C)C1. The van der Waals surface area contributed by atoms with Gasteiger partial charge in [0.05, 0.1) is 7.11 Å². The van der Waals surface area contributed by atoms with Crippen molar-refractivity contribution in [3.63, 3.8) is 0 Å². The van der Waals surface area contributed by atoms with E-state index in [1.54, 1.807) is 7.11 Å². The van der Waals surface area contributed by atoms with Crippen LogP contribution in [0.1, 0.15) is 19.4 Å². The lowest BCUT2D eigenvalue weighted by Gasteiger charge is -2.34. The van der Waals surface area contributed by atoms with Crippen molar-refractivity contribution in [2.75, 3.05) is 20.2 Å². The van der Waals surface area contributed by atoms with Crippen LogP contribution in [-0.4, -0.2) is 35.6 Å². The zero-order valence-corrected chi connectivity index (χ0v) is 13.6. The monoisotopic (exact) mass is 329 g/mol. The lowest BCUT2D eigenvalue weighted by molar-refractivity contribution is 0.258. The molecule has 2 atom stereocenters. The van der Waals surface area contributed by atoms with Crippen molar-refractivity contribution in [3.8, 4) is 5.75 Å². The fraction of sp³-hybridized carbons (Fsp3) is 0.571. The van der Waals surface area contributed by atoms with Gasteiger partial charge in [-0.05, 0) is 18.2 Å². The molecule has 0 N–H and O–H groups in total. The first-order valence-corrected chi connectivity index (χ1v) is 8.02. The Labute approximate surface area is 122 Å². The number of hydrogen-bond acceptors (Lipinski definition) is 3. The summed E-state index contributed by atoms with van der Waals surface area (Å²) in [7, 11) is 1.74. The third-order valence-electron chi connectivity index (χ3n) is 3.13. The van der Waals surface area contributed by atoms with E-state index >= 15 is 0 Å². The number of rotatable bonds is 3. The number of ether oxygens (including phenoxy) is 1. The summed E-state index contributed by atoms with van der Waals surface area (Å²) in [5.74, 6) is 0.983. The predicted molar refractivity (Wildman–Crippen MR) is 82.5 cm³/mol. The largest absolute Gasteiger partial charge is 0.496 e. The molecule has 0 radical (unpaired) electrons. The van der Waals surface area contributed by atoms with E-state index in [2.05, 4.69) is 52.5 Å². The first-order valence-electron chi connectivity index (χ1n) is 6.28. The highest BCUT2D eigenvalue weighted by Crippen LogP contribution is 2.29. The normalized spacial score (nSPS) is 25.1. The van der Waals surface area contributed by atoms with Crippen molar-refractivity contribution in [2.45, 2.75) is 30.9 Å². The van der Waals surface area contributed by atoms with E-state index in [9.17, 15) is 0 Å². The minimum absolute atomic E-state index is 0.715. The van der Waals surface area contributed by atoms with Crippen molar-refractivity contribution >= 4 is 27.7 Å². The van der Waals surface area contributed by atoms with E-state index in [1.807, 2.05) is 12.1 Å². The van der Waals surface area contributed by atoms with Crippen LogP contribution in [0.3, 0.4) is 0 Å². The second kappa shape index (κ2) is 6.31. The maximum Gasteiger partial charge on any atom is 0.123 e. The van der Waals surface area contributed by atoms with E-state index in [1.165, 1.54) is 5.56 Å². The predicted octanol–water partition coefficient (Wildman–Crippen LogP) is 3.78. The van der Waals surface area contributed by atoms with Gasteiger partial charge in [-0.25, -0.2) is 0 Å². The van der Waals surface area contributed by atoms with E-state index in [4.69, 9.17) is 4.74 Å². The summed E-state index contributed by atoms with van der Waals surface area (Å²) in [6.07, 6.45) is 0. The third-order valence-corrected chi connectivity index (χ3v) is 4.85. The van der Waals surface area contributed by atoms with Crippen LogP contribution in [0.25, 0.3) is 0 Å². The highest BCUT2D eigenvalue weighted by atomic mass is 79.9. The molecule has 0 bridgehead atoms. The van der Waals surface area contributed by atoms with Gasteiger partial charge in [0.2, 0.25) is 0 Å². The highest BCUT2D eigenvalue weighted by Gasteiger charge is 2.22. The van der Waals surface area contributed by atoms with Crippen LogP contribution in [0.2, 0.25) is 0 Å². The Morgan fingerprint density at radius 1 is 1.33 bits per heavy atom. The van der Waals surface area contributed by atoms with Gasteiger partial charge in [-0.2, -0.15) is 11.8 Å². The fourth-order valence-electron chi connectivity index (χ4n) is 2.53. The molecule has 2 rings (SSSR count). The average molecular weight is 330 g/mol. The standard InChI is InChI=1S/C14H20BrNOS/c1-10-7-16(8-11(2)18-10)9-12-6-13(15)4-5-14(12)17-3/h4-6,10-11H,7-9H2,1-3H3. The van der Waals surface area contributed by atoms with Gasteiger partial charge >= 0.3 is 0 Å². The molecule has 18 heavy (non-hydrogen) atoms. The van der Waals surface area contributed by atoms with Gasteiger partial charge in [-0.3, -0.25) is 4.90 Å². The van der Waals surface area contributed by atoms with Gasteiger partial charge in [0.15, 0.2) is 0 Å². The Bertz CT molecular complexity index is 403. The van der Waals surface area contributed by atoms with Gasteiger partial charge in [0.1, 0.15) is 5.75 Å². The summed E-state index contributed by atoms with van der Waals surface area (Å²) < 4.78 is 6.56. The first-order chi connectivity index (χ1) is 8.58. The average Bonchev–Trinajstić information content (AvgIpc) is 2.27. The summed E-state index contributed by atoms with van der Waals surface area (Å²) >= 11 is 5.62. The number of halogens is 1. The second-order valence-electron chi connectivity index (χ2n) is 4.91. The molecule has 0 aliphatic carbocycles. The zero-order chi connectivity index (χ0) is 13.1. The molecule has 1 aliphatic rings. The molecular formula is C14H20BrNOS. The summed E-state index contributed by atoms with van der Waals surface area (Å²) in [5, 5.41) is 1.43. The first kappa shape index (κ1) is 14.2. The third kappa shape index (κ3) is 3.65. The molecule has 1 aromatic carbocycles. The summed E-state index contributed by atoms with van der Waals surface area (Å²) in [6.45, 7) is 7.91. The van der Waals surface area contributed by atoms with Crippen molar-refractivity contribution in [3.05, 3.63) is 28.2 Å². The number of methoxy groups -OCH3 is 1. The lowest BCUT2D eigenvalue weighted by Crippen LogP contribution is -2.39. The van der Waals surface area contributed by atoms with Crippen LogP contribution in [-0.2, 0) is 6.54 Å². The smallest absolute Gasteiger partial charge is 0.123 e. The highest BCUT2D eigenvalue weighted by molar-refractivity contribution is 9.10. The molecule has 1 saturated heterocycles. The van der Waals surface area contributed by atoms with Crippen LogP contribution in [0, 0.1) is 0 Å². The number of hydrogen-bond donors (Lipinski definition) is 0. The molecule has 4 heteroatoms. The van der Waals surface area contributed by atoms with E-state index in [0.29, 0.717) is 10.5 Å². The summed E-state index contributed by atoms with van der Waals surface area (Å²) in [4.78, 5) is 2.52. The van der Waals surface area contributed by atoms with Crippen LogP contribution in [0.4, 0.5) is 0 Å². The fourth-order valence-corrected chi connectivity index (χ4v) is 4.32. The number of nitrogens with zero attached hydrogens (tertiary/aromatic N) is 1. The summed E-state index contributed by atoms with van der Waals surface area (Å²) in [6, 6.07) is 6.22. The molecule has 2 nitrogen and oxygen atoms in total. The molecule has 0 aromatic heterocycles. The van der Waals surface area contributed by atoms with Gasteiger partial charge in [0.25, 0.3) is 0 Å². The van der Waals surface area contributed by atoms with Gasteiger partial charge < -0.3 is 4.74 Å². The molecule has 2 unspecified atom stereocenters. The Morgan fingerprint density at radius 2 is 2.00 bits per heavy atom. The topological polar surface area (TPSA) is 12.5 Å². The molecule has 1 aromatic rings. The Balaban J connectivity index is 2.10. The Hall–Kier alpha value is -0.190. The second-order valence-corrected chi connectivity index (χ2v) is 7.70. The van der Waals surface area contributed by atoms with Crippen molar-refractivity contribution < 1.29 is 4.74 Å². The number of thioether (sulfide) groups is 1. The van der Waals surface area contributed by atoms with Crippen LogP contribution < -0.4 is 4.74 Å². The van der Waals surface area contributed by atoms with Gasteiger partial charge in [-0.15, -0.1) is 0 Å². The Morgan fingerprint density at radius 3 is 2.61 bits per heavy atom. The molecule has 1 aliphatic heterocycles. The molecule has 1 heterocycles. The molecule has 0 spiro atoms. The molecular weight excluding hydrogens is 310 g/mol. The summed E-state index contributed by atoms with van der Waals surface area (Å²) in [5.41, 5.74) is 1.26. The zero-order valence-electron chi connectivity index (χ0n) is 11.1.